The third-order valence-corrected chi connectivity index (χ3v) is 5.30. The molecule has 2 saturated heterocycles. The first-order valence-electron chi connectivity index (χ1n) is 7.84. The van der Waals surface area contributed by atoms with Gasteiger partial charge in [-0.1, -0.05) is 30.3 Å². The highest BCUT2D eigenvalue weighted by Gasteiger charge is 2.44. The summed E-state index contributed by atoms with van der Waals surface area (Å²) in [5.41, 5.74) is 1.34. The SMILES string of the molecule is CC1C2CC(CN(Cc3ccccc3)C2)C(C)N1C(=O)O. The van der Waals surface area contributed by atoms with E-state index in [0.717, 1.165) is 26.1 Å². The number of nitrogens with zero attached hydrogens (tertiary/aromatic N) is 2. The van der Waals surface area contributed by atoms with Crippen molar-refractivity contribution < 1.29 is 9.90 Å². The molecule has 4 heteroatoms. The van der Waals surface area contributed by atoms with E-state index in [2.05, 4.69) is 43.0 Å². The number of fused-ring (bicyclic) bond motifs is 2. The Morgan fingerprint density at radius 2 is 1.71 bits per heavy atom. The number of hydrogen-bond donors (Lipinski definition) is 1. The van der Waals surface area contributed by atoms with Gasteiger partial charge in [0.1, 0.15) is 0 Å². The minimum Gasteiger partial charge on any atom is -0.465 e. The van der Waals surface area contributed by atoms with Gasteiger partial charge in [-0.3, -0.25) is 4.90 Å². The van der Waals surface area contributed by atoms with E-state index in [0.29, 0.717) is 11.8 Å². The molecule has 1 amide bonds. The van der Waals surface area contributed by atoms with Gasteiger partial charge in [0.25, 0.3) is 0 Å². The van der Waals surface area contributed by atoms with Crippen LogP contribution < -0.4 is 0 Å². The van der Waals surface area contributed by atoms with Gasteiger partial charge >= 0.3 is 6.09 Å². The average Bonchev–Trinajstić information content (AvgIpc) is 2.46. The maximum atomic E-state index is 11.5. The number of carbonyl (C=O) groups is 1. The van der Waals surface area contributed by atoms with E-state index in [1.165, 1.54) is 5.56 Å². The molecule has 0 aromatic heterocycles. The van der Waals surface area contributed by atoms with Crippen LogP contribution in [0.15, 0.2) is 30.3 Å². The maximum absolute atomic E-state index is 11.5. The van der Waals surface area contributed by atoms with Crippen LogP contribution in [0.5, 0.6) is 0 Å². The summed E-state index contributed by atoms with van der Waals surface area (Å²) < 4.78 is 0. The van der Waals surface area contributed by atoms with Gasteiger partial charge in [0, 0.05) is 31.7 Å². The molecule has 2 heterocycles. The number of piperidine rings is 2. The summed E-state index contributed by atoms with van der Waals surface area (Å²) in [7, 11) is 0. The normalized spacial score (nSPS) is 33.0. The Morgan fingerprint density at radius 3 is 2.24 bits per heavy atom. The van der Waals surface area contributed by atoms with Crippen molar-refractivity contribution in [2.45, 2.75) is 38.9 Å². The lowest BCUT2D eigenvalue weighted by Gasteiger charge is -2.52. The van der Waals surface area contributed by atoms with Crippen molar-refractivity contribution in [2.24, 2.45) is 11.8 Å². The Hall–Kier alpha value is -1.55. The van der Waals surface area contributed by atoms with Crippen LogP contribution in [0, 0.1) is 11.8 Å². The van der Waals surface area contributed by atoms with E-state index in [-0.39, 0.29) is 12.1 Å². The quantitative estimate of drug-likeness (QED) is 0.910. The van der Waals surface area contributed by atoms with Crippen molar-refractivity contribution in [1.29, 1.82) is 0 Å². The molecule has 2 aliphatic heterocycles. The van der Waals surface area contributed by atoms with Crippen LogP contribution in [0.4, 0.5) is 4.79 Å². The molecule has 2 fully saturated rings. The second-order valence-electron chi connectivity index (χ2n) is 6.61. The van der Waals surface area contributed by atoms with Gasteiger partial charge in [-0.05, 0) is 37.7 Å². The number of hydrogen-bond acceptors (Lipinski definition) is 2. The molecule has 4 atom stereocenters. The lowest BCUT2D eigenvalue weighted by atomic mass is 9.76. The standard InChI is InChI=1S/C17H24N2O2/c1-12-15-8-16(13(2)19(12)17(20)21)11-18(10-15)9-14-6-4-3-5-7-14/h3-7,12-13,15-16H,8-11H2,1-2H3,(H,20,21). The Balaban J connectivity index is 1.73. The van der Waals surface area contributed by atoms with Crippen LogP contribution in [-0.2, 0) is 6.54 Å². The summed E-state index contributed by atoms with van der Waals surface area (Å²) in [6.45, 7) is 7.11. The molecule has 0 aliphatic carbocycles. The molecule has 2 aliphatic rings. The monoisotopic (exact) mass is 288 g/mol. The van der Waals surface area contributed by atoms with Crippen LogP contribution >= 0.6 is 0 Å². The first kappa shape index (κ1) is 14.4. The van der Waals surface area contributed by atoms with Gasteiger partial charge in [0.2, 0.25) is 0 Å². The number of amides is 1. The van der Waals surface area contributed by atoms with Crippen LogP contribution in [0.2, 0.25) is 0 Å². The molecule has 4 nitrogen and oxygen atoms in total. The highest BCUT2D eigenvalue weighted by molar-refractivity contribution is 5.66. The van der Waals surface area contributed by atoms with Crippen molar-refractivity contribution in [1.82, 2.24) is 9.80 Å². The summed E-state index contributed by atoms with van der Waals surface area (Å²) in [6, 6.07) is 10.8. The van der Waals surface area contributed by atoms with Crippen LogP contribution in [0.3, 0.4) is 0 Å². The minimum atomic E-state index is -0.763. The van der Waals surface area contributed by atoms with Crippen LogP contribution in [0.25, 0.3) is 0 Å². The summed E-state index contributed by atoms with van der Waals surface area (Å²) in [5.74, 6) is 0.916. The molecule has 0 saturated carbocycles. The molecule has 1 aromatic carbocycles. The van der Waals surface area contributed by atoms with Crippen LogP contribution in [-0.4, -0.2) is 46.2 Å². The van der Waals surface area contributed by atoms with Gasteiger partial charge in [-0.2, -0.15) is 0 Å². The maximum Gasteiger partial charge on any atom is 0.407 e. The van der Waals surface area contributed by atoms with Gasteiger partial charge in [-0.25, -0.2) is 4.79 Å². The van der Waals surface area contributed by atoms with Gasteiger partial charge in [0.15, 0.2) is 0 Å². The Labute approximate surface area is 126 Å². The largest absolute Gasteiger partial charge is 0.465 e. The number of rotatable bonds is 2. The number of carboxylic acid groups (broad SMARTS) is 1. The molecular formula is C17H24N2O2. The van der Waals surface area contributed by atoms with Crippen LogP contribution in [0.1, 0.15) is 25.8 Å². The zero-order valence-corrected chi connectivity index (χ0v) is 12.8. The Bertz CT molecular complexity index is 487. The molecule has 114 valence electrons. The summed E-state index contributed by atoms with van der Waals surface area (Å²) in [4.78, 5) is 15.7. The van der Waals surface area contributed by atoms with Gasteiger partial charge in [-0.15, -0.1) is 0 Å². The Kier molecular flexibility index (Phi) is 3.89. The molecular weight excluding hydrogens is 264 g/mol. The lowest BCUT2D eigenvalue weighted by Crippen LogP contribution is -2.61. The topological polar surface area (TPSA) is 43.8 Å². The van der Waals surface area contributed by atoms with E-state index in [1.54, 1.807) is 4.90 Å². The molecule has 2 bridgehead atoms. The molecule has 4 unspecified atom stereocenters. The lowest BCUT2D eigenvalue weighted by molar-refractivity contribution is -0.0345. The molecule has 21 heavy (non-hydrogen) atoms. The van der Waals surface area contributed by atoms with E-state index >= 15 is 0 Å². The van der Waals surface area contributed by atoms with Gasteiger partial charge < -0.3 is 10.0 Å². The molecule has 1 aromatic rings. The van der Waals surface area contributed by atoms with Gasteiger partial charge in [0.05, 0.1) is 0 Å². The third-order valence-electron chi connectivity index (χ3n) is 5.30. The van der Waals surface area contributed by atoms with E-state index in [9.17, 15) is 9.90 Å². The fourth-order valence-corrected chi connectivity index (χ4v) is 4.12. The summed E-state index contributed by atoms with van der Waals surface area (Å²) >= 11 is 0. The number of benzene rings is 1. The molecule has 0 radical (unpaired) electrons. The second-order valence-corrected chi connectivity index (χ2v) is 6.61. The minimum absolute atomic E-state index is 0.118. The first-order valence-corrected chi connectivity index (χ1v) is 7.84. The van der Waals surface area contributed by atoms with Crippen molar-refractivity contribution in [3.8, 4) is 0 Å². The summed E-state index contributed by atoms with van der Waals surface area (Å²) in [5, 5.41) is 9.45. The predicted octanol–water partition coefficient (Wildman–Crippen LogP) is 2.90. The molecule has 3 rings (SSSR count). The van der Waals surface area contributed by atoms with Crippen molar-refractivity contribution in [2.75, 3.05) is 13.1 Å². The molecule has 1 N–H and O–H groups in total. The summed E-state index contributed by atoms with van der Waals surface area (Å²) in [6.07, 6.45) is 0.401. The average molecular weight is 288 g/mol. The van der Waals surface area contributed by atoms with E-state index in [1.807, 2.05) is 6.07 Å². The highest BCUT2D eigenvalue weighted by atomic mass is 16.4. The zero-order valence-electron chi connectivity index (χ0n) is 12.8. The fourth-order valence-electron chi connectivity index (χ4n) is 4.12. The van der Waals surface area contributed by atoms with Crippen molar-refractivity contribution in [3.05, 3.63) is 35.9 Å². The first-order chi connectivity index (χ1) is 10.1. The van der Waals surface area contributed by atoms with Crippen molar-refractivity contribution >= 4 is 6.09 Å². The fraction of sp³-hybridized carbons (Fsp3) is 0.588. The van der Waals surface area contributed by atoms with Crippen molar-refractivity contribution in [3.63, 3.8) is 0 Å². The predicted molar refractivity (Wildman–Crippen MR) is 82.1 cm³/mol. The zero-order chi connectivity index (χ0) is 15.0. The smallest absolute Gasteiger partial charge is 0.407 e. The van der Waals surface area contributed by atoms with E-state index < -0.39 is 6.09 Å². The Morgan fingerprint density at radius 1 is 1.14 bits per heavy atom. The number of likely N-dealkylation sites (tertiary alicyclic amines) is 2. The highest BCUT2D eigenvalue weighted by Crippen LogP contribution is 2.37. The molecule has 0 spiro atoms. The second kappa shape index (κ2) is 5.68. The van der Waals surface area contributed by atoms with E-state index in [4.69, 9.17) is 0 Å². The third kappa shape index (κ3) is 2.77.